The van der Waals surface area contributed by atoms with Gasteiger partial charge in [-0.25, -0.2) is 4.39 Å². The third-order valence-corrected chi connectivity index (χ3v) is 4.06. The van der Waals surface area contributed by atoms with E-state index in [-0.39, 0.29) is 11.5 Å². The maximum atomic E-state index is 13.6. The summed E-state index contributed by atoms with van der Waals surface area (Å²) in [7, 11) is 1.37. The van der Waals surface area contributed by atoms with Crippen molar-refractivity contribution in [3.63, 3.8) is 0 Å². The van der Waals surface area contributed by atoms with Gasteiger partial charge in [-0.15, -0.1) is 0 Å². The van der Waals surface area contributed by atoms with Gasteiger partial charge in [0.15, 0.2) is 17.3 Å². The number of furan rings is 1. The summed E-state index contributed by atoms with van der Waals surface area (Å²) in [6.45, 7) is 6.44. The van der Waals surface area contributed by atoms with Gasteiger partial charge >= 0.3 is 5.91 Å². The summed E-state index contributed by atoms with van der Waals surface area (Å²) >= 11 is 0. The first-order valence-corrected chi connectivity index (χ1v) is 8.89. The van der Waals surface area contributed by atoms with E-state index in [1.165, 1.54) is 31.4 Å². The van der Waals surface area contributed by atoms with Gasteiger partial charge in [-0.05, 0) is 49.0 Å². The molecule has 1 heterocycles. The molecular weight excluding hydrogens is 365 g/mol. The molecule has 0 aliphatic heterocycles. The number of nitrogens with zero attached hydrogens (tertiary/aromatic N) is 1. The average molecular weight is 389 g/mol. The number of hydrogen-bond donors (Lipinski definition) is 2. The van der Waals surface area contributed by atoms with E-state index in [0.29, 0.717) is 17.9 Å². The lowest BCUT2D eigenvalue weighted by atomic mass is 10.2. The molecule has 2 N–H and O–H groups in total. The standard InChI is InChI=1S/C20H24FN3O4/c1-4-24(5-2)13-15-8-10-18(28-15)20(26)23-22-19(25)11-7-14-6-9-17(27-3)16(21)12-14/h6-12H,4-5,13H2,1-3H3,(H,22,25)(H,23,26)/b11-7+. The van der Waals surface area contributed by atoms with Crippen molar-refractivity contribution in [2.45, 2.75) is 20.4 Å². The van der Waals surface area contributed by atoms with E-state index >= 15 is 0 Å². The van der Waals surface area contributed by atoms with Crippen molar-refractivity contribution in [3.8, 4) is 5.75 Å². The Balaban J connectivity index is 1.86. The van der Waals surface area contributed by atoms with E-state index in [9.17, 15) is 14.0 Å². The predicted molar refractivity (Wildman–Crippen MR) is 103 cm³/mol. The number of amides is 2. The van der Waals surface area contributed by atoms with Crippen LogP contribution in [-0.2, 0) is 11.3 Å². The van der Waals surface area contributed by atoms with E-state index in [2.05, 4.69) is 15.8 Å². The first-order chi connectivity index (χ1) is 13.5. The van der Waals surface area contributed by atoms with Crippen LogP contribution in [0.3, 0.4) is 0 Å². The Hall–Kier alpha value is -3.13. The second-order valence-electron chi connectivity index (χ2n) is 5.90. The lowest BCUT2D eigenvalue weighted by Crippen LogP contribution is -2.40. The fraction of sp³-hybridized carbons (Fsp3) is 0.300. The molecule has 2 rings (SSSR count). The van der Waals surface area contributed by atoms with E-state index in [1.54, 1.807) is 18.2 Å². The number of methoxy groups -OCH3 is 1. The Bertz CT molecular complexity index is 844. The van der Waals surface area contributed by atoms with Crippen LogP contribution in [0.1, 0.15) is 35.7 Å². The quantitative estimate of drug-likeness (QED) is 0.536. The molecule has 2 amide bonds. The van der Waals surface area contributed by atoms with Crippen molar-refractivity contribution in [2.75, 3.05) is 20.2 Å². The van der Waals surface area contributed by atoms with Crippen LogP contribution in [0.2, 0.25) is 0 Å². The molecule has 8 heteroatoms. The van der Waals surface area contributed by atoms with Gasteiger partial charge in [0, 0.05) is 6.08 Å². The predicted octanol–water partition coefficient (Wildman–Crippen LogP) is 2.74. The Morgan fingerprint density at radius 2 is 1.93 bits per heavy atom. The number of nitrogens with one attached hydrogen (secondary N) is 2. The molecular formula is C20H24FN3O4. The number of hydrogen-bond acceptors (Lipinski definition) is 5. The van der Waals surface area contributed by atoms with Gasteiger partial charge in [0.2, 0.25) is 0 Å². The molecule has 0 unspecified atom stereocenters. The second kappa shape index (κ2) is 10.3. The summed E-state index contributed by atoms with van der Waals surface area (Å²) in [4.78, 5) is 26.0. The molecule has 0 aliphatic rings. The van der Waals surface area contributed by atoms with Crippen LogP contribution in [0, 0.1) is 5.82 Å². The normalized spacial score (nSPS) is 11.0. The number of carbonyl (C=O) groups excluding carboxylic acids is 2. The maximum absolute atomic E-state index is 13.6. The van der Waals surface area contributed by atoms with Crippen LogP contribution in [0.4, 0.5) is 4.39 Å². The van der Waals surface area contributed by atoms with Gasteiger partial charge in [-0.1, -0.05) is 19.9 Å². The average Bonchev–Trinajstić information content (AvgIpc) is 3.17. The van der Waals surface area contributed by atoms with Gasteiger partial charge in [-0.3, -0.25) is 25.3 Å². The number of hydrazine groups is 1. The lowest BCUT2D eigenvalue weighted by molar-refractivity contribution is -0.117. The Kier molecular flexibility index (Phi) is 7.76. The Labute approximate surface area is 163 Å². The van der Waals surface area contributed by atoms with Crippen LogP contribution < -0.4 is 15.6 Å². The fourth-order valence-corrected chi connectivity index (χ4v) is 2.43. The first-order valence-electron chi connectivity index (χ1n) is 8.89. The SMILES string of the molecule is CCN(CC)Cc1ccc(C(=O)NNC(=O)/C=C/c2ccc(OC)c(F)c2)o1. The summed E-state index contributed by atoms with van der Waals surface area (Å²) in [5.74, 6) is -0.780. The van der Waals surface area contributed by atoms with Crippen LogP contribution in [0.15, 0.2) is 40.8 Å². The fourth-order valence-electron chi connectivity index (χ4n) is 2.43. The van der Waals surface area contributed by atoms with Crippen LogP contribution in [-0.4, -0.2) is 36.9 Å². The molecule has 150 valence electrons. The van der Waals surface area contributed by atoms with E-state index < -0.39 is 17.6 Å². The molecule has 0 aliphatic carbocycles. The molecule has 0 saturated carbocycles. The molecule has 0 radical (unpaired) electrons. The van der Waals surface area contributed by atoms with Crippen molar-refractivity contribution in [2.24, 2.45) is 0 Å². The van der Waals surface area contributed by atoms with Crippen molar-refractivity contribution >= 4 is 17.9 Å². The molecule has 28 heavy (non-hydrogen) atoms. The smallest absolute Gasteiger partial charge is 0.305 e. The molecule has 2 aromatic rings. The van der Waals surface area contributed by atoms with E-state index in [0.717, 1.165) is 13.1 Å². The minimum atomic E-state index is -0.570. The summed E-state index contributed by atoms with van der Waals surface area (Å²) < 4.78 is 23.9. The Morgan fingerprint density at radius 1 is 1.18 bits per heavy atom. The number of halogens is 1. The molecule has 0 atom stereocenters. The van der Waals surface area contributed by atoms with Gasteiger partial charge in [-0.2, -0.15) is 0 Å². The summed E-state index contributed by atoms with van der Waals surface area (Å²) in [6.07, 6.45) is 2.59. The second-order valence-corrected chi connectivity index (χ2v) is 5.90. The largest absolute Gasteiger partial charge is 0.494 e. The molecule has 0 saturated heterocycles. The third kappa shape index (κ3) is 5.95. The topological polar surface area (TPSA) is 83.8 Å². The van der Waals surface area contributed by atoms with Crippen LogP contribution in [0.25, 0.3) is 6.08 Å². The zero-order valence-corrected chi connectivity index (χ0v) is 16.1. The molecule has 7 nitrogen and oxygen atoms in total. The van der Waals surface area contributed by atoms with E-state index in [1.807, 2.05) is 13.8 Å². The van der Waals surface area contributed by atoms with Crippen molar-refractivity contribution in [1.82, 2.24) is 15.8 Å². The molecule has 0 fully saturated rings. The van der Waals surface area contributed by atoms with E-state index in [4.69, 9.17) is 9.15 Å². The highest BCUT2D eigenvalue weighted by Crippen LogP contribution is 2.18. The maximum Gasteiger partial charge on any atom is 0.305 e. The van der Waals surface area contributed by atoms with Gasteiger partial charge in [0.05, 0.1) is 13.7 Å². The Morgan fingerprint density at radius 3 is 2.57 bits per heavy atom. The van der Waals surface area contributed by atoms with Gasteiger partial charge < -0.3 is 9.15 Å². The molecule has 0 bridgehead atoms. The molecule has 1 aromatic carbocycles. The highest BCUT2D eigenvalue weighted by Gasteiger charge is 2.13. The highest BCUT2D eigenvalue weighted by atomic mass is 19.1. The monoisotopic (exact) mass is 389 g/mol. The van der Waals surface area contributed by atoms with Gasteiger partial charge in [0.25, 0.3) is 5.91 Å². The zero-order chi connectivity index (χ0) is 20.5. The third-order valence-electron chi connectivity index (χ3n) is 4.06. The number of ether oxygens (including phenoxy) is 1. The van der Waals surface area contributed by atoms with Gasteiger partial charge in [0.1, 0.15) is 5.76 Å². The lowest BCUT2D eigenvalue weighted by Gasteiger charge is -2.15. The van der Waals surface area contributed by atoms with Crippen molar-refractivity contribution in [3.05, 3.63) is 59.3 Å². The first kappa shape index (κ1) is 21.2. The molecule has 0 spiro atoms. The molecule has 1 aromatic heterocycles. The van der Waals surface area contributed by atoms with Crippen molar-refractivity contribution < 1.29 is 23.1 Å². The number of carbonyl (C=O) groups is 2. The van der Waals surface area contributed by atoms with Crippen LogP contribution >= 0.6 is 0 Å². The summed E-state index contributed by atoms with van der Waals surface area (Å²) in [5, 5.41) is 0. The summed E-state index contributed by atoms with van der Waals surface area (Å²) in [6, 6.07) is 7.58. The number of rotatable bonds is 8. The number of benzene rings is 1. The van der Waals surface area contributed by atoms with Crippen molar-refractivity contribution in [1.29, 1.82) is 0 Å². The van der Waals surface area contributed by atoms with Crippen LogP contribution in [0.5, 0.6) is 5.75 Å². The highest BCUT2D eigenvalue weighted by molar-refractivity contribution is 5.96. The summed E-state index contributed by atoms with van der Waals surface area (Å²) in [5.41, 5.74) is 4.99. The minimum Gasteiger partial charge on any atom is -0.494 e. The minimum absolute atomic E-state index is 0.101. The zero-order valence-electron chi connectivity index (χ0n) is 16.1.